The van der Waals surface area contributed by atoms with Gasteiger partial charge >= 0.3 is 0 Å². The molecular formula is C27H28N2O. The van der Waals surface area contributed by atoms with Crippen molar-refractivity contribution in [1.82, 2.24) is 9.55 Å². The zero-order valence-corrected chi connectivity index (χ0v) is 17.8. The number of unbranched alkanes of at least 4 members (excludes halogenated alkanes) is 1. The second-order valence-electron chi connectivity index (χ2n) is 7.81. The standard InChI is InChI=1S/C27H28N2O/c1-3-4-17-25-28-26(20(2)29(25)19-18-21-11-6-5-7-12-21)27(30)24-16-10-14-22-13-8-9-15-23(22)24/h5-16H,3-4,17-19H2,1-2H3. The molecule has 1 aromatic heterocycles. The van der Waals surface area contributed by atoms with E-state index < -0.39 is 0 Å². The van der Waals surface area contributed by atoms with Gasteiger partial charge in [-0.05, 0) is 36.1 Å². The summed E-state index contributed by atoms with van der Waals surface area (Å²) in [7, 11) is 0. The molecule has 1 heterocycles. The number of benzene rings is 3. The van der Waals surface area contributed by atoms with Crippen LogP contribution in [0.5, 0.6) is 0 Å². The molecule has 3 aromatic carbocycles. The third-order valence-corrected chi connectivity index (χ3v) is 5.77. The molecule has 4 rings (SSSR count). The Balaban J connectivity index is 1.70. The largest absolute Gasteiger partial charge is 0.331 e. The van der Waals surface area contributed by atoms with Gasteiger partial charge < -0.3 is 4.57 Å². The summed E-state index contributed by atoms with van der Waals surface area (Å²) in [5, 5.41) is 2.06. The lowest BCUT2D eigenvalue weighted by atomic mass is 9.99. The number of aryl methyl sites for hydroxylation is 2. The lowest BCUT2D eigenvalue weighted by molar-refractivity contribution is 0.103. The SMILES string of the molecule is CCCCc1nc(C(=O)c2cccc3ccccc23)c(C)n1CCc1ccccc1. The average molecular weight is 397 g/mol. The van der Waals surface area contributed by atoms with E-state index in [-0.39, 0.29) is 5.78 Å². The predicted molar refractivity (Wildman–Crippen MR) is 123 cm³/mol. The molecule has 0 fully saturated rings. The van der Waals surface area contributed by atoms with Gasteiger partial charge in [0.1, 0.15) is 11.5 Å². The van der Waals surface area contributed by atoms with Crippen molar-refractivity contribution < 1.29 is 4.79 Å². The molecule has 0 saturated carbocycles. The summed E-state index contributed by atoms with van der Waals surface area (Å²) in [6.45, 7) is 5.06. The summed E-state index contributed by atoms with van der Waals surface area (Å²) in [6.07, 6.45) is 4.01. The minimum absolute atomic E-state index is 0.0144. The maximum atomic E-state index is 13.5. The van der Waals surface area contributed by atoms with E-state index in [9.17, 15) is 4.79 Å². The highest BCUT2D eigenvalue weighted by Gasteiger charge is 2.22. The summed E-state index contributed by atoms with van der Waals surface area (Å²) < 4.78 is 2.25. The Morgan fingerprint density at radius 2 is 1.63 bits per heavy atom. The van der Waals surface area contributed by atoms with Crippen LogP contribution >= 0.6 is 0 Å². The molecule has 3 nitrogen and oxygen atoms in total. The molecular weight excluding hydrogens is 368 g/mol. The quantitative estimate of drug-likeness (QED) is 0.334. The van der Waals surface area contributed by atoms with Crippen LogP contribution in [-0.2, 0) is 19.4 Å². The maximum absolute atomic E-state index is 13.5. The van der Waals surface area contributed by atoms with E-state index in [2.05, 4.69) is 35.8 Å². The zero-order chi connectivity index (χ0) is 20.9. The predicted octanol–water partition coefficient (Wildman–Crippen LogP) is 6.16. The van der Waals surface area contributed by atoms with E-state index >= 15 is 0 Å². The number of carbonyl (C=O) groups excluding carboxylic acids is 1. The summed E-state index contributed by atoms with van der Waals surface area (Å²) in [6, 6.07) is 24.5. The Morgan fingerprint density at radius 3 is 2.43 bits per heavy atom. The van der Waals surface area contributed by atoms with E-state index in [0.29, 0.717) is 5.69 Å². The number of imidazole rings is 1. The van der Waals surface area contributed by atoms with Gasteiger partial charge in [-0.2, -0.15) is 0 Å². The van der Waals surface area contributed by atoms with Crippen LogP contribution in [0.15, 0.2) is 72.8 Å². The number of carbonyl (C=O) groups is 1. The van der Waals surface area contributed by atoms with Crippen LogP contribution in [0.25, 0.3) is 10.8 Å². The van der Waals surface area contributed by atoms with Crippen LogP contribution in [0.4, 0.5) is 0 Å². The molecule has 0 atom stereocenters. The monoisotopic (exact) mass is 396 g/mol. The summed E-state index contributed by atoms with van der Waals surface area (Å²) in [5.74, 6) is 1.04. The first-order valence-corrected chi connectivity index (χ1v) is 10.8. The average Bonchev–Trinajstić information content (AvgIpc) is 3.11. The first-order chi connectivity index (χ1) is 14.7. The lowest BCUT2D eigenvalue weighted by Gasteiger charge is -2.10. The van der Waals surface area contributed by atoms with Crippen molar-refractivity contribution in [2.45, 2.75) is 46.1 Å². The van der Waals surface area contributed by atoms with E-state index in [4.69, 9.17) is 4.98 Å². The normalized spacial score (nSPS) is 11.1. The molecule has 0 bridgehead atoms. The second-order valence-corrected chi connectivity index (χ2v) is 7.81. The number of hydrogen-bond donors (Lipinski definition) is 0. The minimum atomic E-state index is 0.0144. The molecule has 0 radical (unpaired) electrons. The number of ketones is 1. The zero-order valence-electron chi connectivity index (χ0n) is 17.8. The fourth-order valence-corrected chi connectivity index (χ4v) is 4.07. The van der Waals surface area contributed by atoms with E-state index in [1.165, 1.54) is 5.56 Å². The molecule has 30 heavy (non-hydrogen) atoms. The number of aromatic nitrogens is 2. The number of nitrogens with zero attached hydrogens (tertiary/aromatic N) is 2. The highest BCUT2D eigenvalue weighted by Crippen LogP contribution is 2.24. The van der Waals surface area contributed by atoms with Crippen molar-refractivity contribution in [2.75, 3.05) is 0 Å². The Morgan fingerprint density at radius 1 is 0.900 bits per heavy atom. The Labute approximate surface area is 178 Å². The Bertz CT molecular complexity index is 1150. The number of fused-ring (bicyclic) bond motifs is 1. The van der Waals surface area contributed by atoms with Gasteiger partial charge in [-0.3, -0.25) is 4.79 Å². The molecule has 0 N–H and O–H groups in total. The van der Waals surface area contributed by atoms with Crippen LogP contribution in [-0.4, -0.2) is 15.3 Å². The third kappa shape index (κ3) is 4.06. The molecule has 4 aromatic rings. The van der Waals surface area contributed by atoms with Crippen molar-refractivity contribution in [1.29, 1.82) is 0 Å². The van der Waals surface area contributed by atoms with Crippen molar-refractivity contribution in [3.63, 3.8) is 0 Å². The molecule has 0 aliphatic heterocycles. The second kappa shape index (κ2) is 9.08. The van der Waals surface area contributed by atoms with Crippen molar-refractivity contribution in [3.8, 4) is 0 Å². The van der Waals surface area contributed by atoms with Gasteiger partial charge in [0.25, 0.3) is 0 Å². The molecule has 0 spiro atoms. The van der Waals surface area contributed by atoms with E-state index in [1.807, 2.05) is 55.5 Å². The highest BCUT2D eigenvalue weighted by atomic mass is 16.1. The fraction of sp³-hybridized carbons (Fsp3) is 0.259. The van der Waals surface area contributed by atoms with Gasteiger partial charge in [0.05, 0.1) is 0 Å². The Kier molecular flexibility index (Phi) is 6.08. The van der Waals surface area contributed by atoms with Gasteiger partial charge in [-0.25, -0.2) is 4.98 Å². The molecule has 0 saturated heterocycles. The first kappa shape index (κ1) is 20.1. The first-order valence-electron chi connectivity index (χ1n) is 10.8. The fourth-order valence-electron chi connectivity index (χ4n) is 4.07. The van der Waals surface area contributed by atoms with Crippen molar-refractivity contribution >= 4 is 16.6 Å². The van der Waals surface area contributed by atoms with Crippen molar-refractivity contribution in [3.05, 3.63) is 101 Å². The van der Waals surface area contributed by atoms with Crippen LogP contribution in [0.2, 0.25) is 0 Å². The lowest BCUT2D eigenvalue weighted by Crippen LogP contribution is -2.09. The topological polar surface area (TPSA) is 34.9 Å². The summed E-state index contributed by atoms with van der Waals surface area (Å²) >= 11 is 0. The van der Waals surface area contributed by atoms with Crippen molar-refractivity contribution in [2.24, 2.45) is 0 Å². The summed E-state index contributed by atoms with van der Waals surface area (Å²) in [4.78, 5) is 18.4. The molecule has 0 amide bonds. The highest BCUT2D eigenvalue weighted by molar-refractivity contribution is 6.16. The smallest absolute Gasteiger partial charge is 0.213 e. The van der Waals surface area contributed by atoms with Gasteiger partial charge in [0.15, 0.2) is 0 Å². The number of rotatable bonds is 8. The molecule has 0 unspecified atom stereocenters. The number of hydrogen-bond acceptors (Lipinski definition) is 2. The molecule has 0 aliphatic carbocycles. The van der Waals surface area contributed by atoms with E-state index in [0.717, 1.165) is 60.1 Å². The van der Waals surface area contributed by atoms with Crippen LogP contribution < -0.4 is 0 Å². The van der Waals surface area contributed by atoms with Gasteiger partial charge in [-0.1, -0.05) is 86.1 Å². The van der Waals surface area contributed by atoms with Gasteiger partial charge in [0, 0.05) is 24.2 Å². The van der Waals surface area contributed by atoms with Crippen LogP contribution in [0, 0.1) is 6.92 Å². The van der Waals surface area contributed by atoms with Crippen LogP contribution in [0.3, 0.4) is 0 Å². The van der Waals surface area contributed by atoms with Crippen LogP contribution in [0.1, 0.15) is 52.9 Å². The summed E-state index contributed by atoms with van der Waals surface area (Å²) in [5.41, 5.74) is 3.58. The molecule has 3 heteroatoms. The van der Waals surface area contributed by atoms with E-state index in [1.54, 1.807) is 0 Å². The molecule has 0 aliphatic rings. The Hall–Kier alpha value is -3.20. The third-order valence-electron chi connectivity index (χ3n) is 5.77. The van der Waals surface area contributed by atoms with Gasteiger partial charge in [0.2, 0.25) is 5.78 Å². The van der Waals surface area contributed by atoms with Gasteiger partial charge in [-0.15, -0.1) is 0 Å². The maximum Gasteiger partial charge on any atom is 0.213 e. The molecule has 152 valence electrons. The minimum Gasteiger partial charge on any atom is -0.331 e.